The van der Waals surface area contributed by atoms with Crippen molar-refractivity contribution in [3.05, 3.63) is 107 Å². The van der Waals surface area contributed by atoms with E-state index in [1.165, 1.54) is 12.0 Å². The lowest BCUT2D eigenvalue weighted by Crippen LogP contribution is -2.49. The molecule has 0 saturated carbocycles. The monoisotopic (exact) mass is 558 g/mol. The Morgan fingerprint density at radius 1 is 0.805 bits per heavy atom. The molecule has 3 amide bonds. The smallest absolute Gasteiger partial charge is 0.409 e. The summed E-state index contributed by atoms with van der Waals surface area (Å²) in [6.45, 7) is 0.809. The van der Waals surface area contributed by atoms with E-state index in [4.69, 9.17) is 21.9 Å². The van der Waals surface area contributed by atoms with Gasteiger partial charge in [0.05, 0.1) is 13.0 Å². The number of carbonyl (C=O) groups excluding carboxylic acids is 3. The van der Waals surface area contributed by atoms with E-state index in [2.05, 4.69) is 4.99 Å². The number of guanidine groups is 1. The maximum atomic E-state index is 14.4. The number of hydrogen-bond donors (Lipinski definition) is 3. The summed E-state index contributed by atoms with van der Waals surface area (Å²) < 4.78 is 4.76. The summed E-state index contributed by atoms with van der Waals surface area (Å²) in [5.41, 5.74) is 20.1. The largest absolute Gasteiger partial charge is 0.453 e. The van der Waals surface area contributed by atoms with Crippen LogP contribution in [0.25, 0.3) is 0 Å². The maximum Gasteiger partial charge on any atom is 0.409 e. The number of methoxy groups -OCH3 is 1. The summed E-state index contributed by atoms with van der Waals surface area (Å²) in [6, 6.07) is 25.5. The second-order valence-electron chi connectivity index (χ2n) is 9.73. The Morgan fingerprint density at radius 2 is 1.32 bits per heavy atom. The van der Waals surface area contributed by atoms with Gasteiger partial charge in [-0.05, 0) is 35.1 Å². The first kappa shape index (κ1) is 30.7. The van der Waals surface area contributed by atoms with Crippen molar-refractivity contribution in [3.63, 3.8) is 0 Å². The van der Waals surface area contributed by atoms with Gasteiger partial charge in [0, 0.05) is 26.7 Å². The van der Waals surface area contributed by atoms with Crippen LogP contribution in [-0.2, 0) is 27.4 Å². The van der Waals surface area contributed by atoms with E-state index >= 15 is 0 Å². The van der Waals surface area contributed by atoms with E-state index in [1.54, 1.807) is 11.9 Å². The number of nitrogens with two attached hydrogens (primary N) is 3. The molecule has 3 aromatic rings. The highest BCUT2D eigenvalue weighted by Crippen LogP contribution is 2.29. The van der Waals surface area contributed by atoms with Crippen molar-refractivity contribution >= 4 is 23.9 Å². The van der Waals surface area contributed by atoms with Crippen LogP contribution in [0.5, 0.6) is 0 Å². The first-order valence-corrected chi connectivity index (χ1v) is 13.3. The fraction of sp³-hybridized carbons (Fsp3) is 0.290. The van der Waals surface area contributed by atoms with Crippen molar-refractivity contribution in [3.8, 4) is 0 Å². The minimum Gasteiger partial charge on any atom is -0.453 e. The minimum atomic E-state index is -0.892. The second-order valence-corrected chi connectivity index (χ2v) is 9.73. The van der Waals surface area contributed by atoms with Gasteiger partial charge in [0.15, 0.2) is 5.96 Å². The molecule has 3 rings (SSSR count). The Kier molecular flexibility index (Phi) is 11.3. The number of rotatable bonds is 13. The third-order valence-corrected chi connectivity index (χ3v) is 6.71. The van der Waals surface area contributed by atoms with Crippen LogP contribution in [0.4, 0.5) is 4.79 Å². The molecule has 0 aliphatic carbocycles. The molecule has 0 saturated heterocycles. The molecule has 0 spiro atoms. The Hall–Kier alpha value is -4.86. The van der Waals surface area contributed by atoms with E-state index < -0.39 is 24.0 Å². The summed E-state index contributed by atoms with van der Waals surface area (Å²) in [5.74, 6) is -1.55. The van der Waals surface area contributed by atoms with Crippen LogP contribution in [0, 0.1) is 0 Å². The molecule has 10 nitrogen and oxygen atoms in total. The van der Waals surface area contributed by atoms with E-state index in [1.807, 2.05) is 84.9 Å². The lowest BCUT2D eigenvalue weighted by Gasteiger charge is -2.33. The Labute approximate surface area is 240 Å². The quantitative estimate of drug-likeness (QED) is 0.166. The van der Waals surface area contributed by atoms with E-state index in [0.717, 1.165) is 22.3 Å². The van der Waals surface area contributed by atoms with Crippen LogP contribution in [0.15, 0.2) is 89.9 Å². The standard InChI is InChI=1S/C31H38N6O4/c1-36(31(40)41-2)20-22-15-17-23(18-16-22)21-37(26(28(32)38)14-9-19-35-30(33)34)29(39)27(24-10-5-3-6-11-24)25-12-7-4-8-13-25/h3-8,10-13,15-18,26-27H,9,14,19-21H2,1-2H3,(H2,32,38)(H4,33,34,35)/t26-/m1/s1. The van der Waals surface area contributed by atoms with Crippen molar-refractivity contribution in [2.45, 2.75) is 37.9 Å². The van der Waals surface area contributed by atoms with Gasteiger partial charge in [0.2, 0.25) is 11.8 Å². The Bertz CT molecular complexity index is 1270. The van der Waals surface area contributed by atoms with Gasteiger partial charge in [-0.3, -0.25) is 14.6 Å². The Morgan fingerprint density at radius 3 is 1.78 bits per heavy atom. The van der Waals surface area contributed by atoms with Gasteiger partial charge >= 0.3 is 6.09 Å². The lowest BCUT2D eigenvalue weighted by molar-refractivity contribution is -0.141. The highest BCUT2D eigenvalue weighted by atomic mass is 16.5. The average Bonchev–Trinajstić information content (AvgIpc) is 2.97. The fourth-order valence-electron chi connectivity index (χ4n) is 4.66. The van der Waals surface area contributed by atoms with Crippen molar-refractivity contribution in [1.29, 1.82) is 0 Å². The molecule has 0 aliphatic rings. The molecule has 1 atom stereocenters. The fourth-order valence-corrected chi connectivity index (χ4v) is 4.66. The molecule has 41 heavy (non-hydrogen) atoms. The molecule has 216 valence electrons. The lowest BCUT2D eigenvalue weighted by atomic mass is 9.89. The normalized spacial score (nSPS) is 11.4. The topological polar surface area (TPSA) is 157 Å². The molecule has 0 heterocycles. The number of carbonyl (C=O) groups is 3. The van der Waals surface area contributed by atoms with Crippen LogP contribution in [-0.4, -0.2) is 60.4 Å². The number of nitrogens with zero attached hydrogens (tertiary/aromatic N) is 3. The van der Waals surface area contributed by atoms with Gasteiger partial charge in [0.1, 0.15) is 6.04 Å². The number of ether oxygens (including phenoxy) is 1. The molecule has 10 heteroatoms. The van der Waals surface area contributed by atoms with E-state index in [0.29, 0.717) is 19.5 Å². The molecule has 0 aliphatic heterocycles. The summed E-state index contributed by atoms with van der Waals surface area (Å²) in [7, 11) is 2.98. The highest BCUT2D eigenvalue weighted by molar-refractivity contribution is 5.92. The molecule has 0 bridgehead atoms. The summed E-state index contributed by atoms with van der Waals surface area (Å²) in [5, 5.41) is 0. The van der Waals surface area contributed by atoms with Gasteiger partial charge in [0.25, 0.3) is 0 Å². The zero-order valence-electron chi connectivity index (χ0n) is 23.5. The van der Waals surface area contributed by atoms with Crippen LogP contribution >= 0.6 is 0 Å². The summed E-state index contributed by atoms with van der Waals surface area (Å²) in [4.78, 5) is 46.1. The SMILES string of the molecule is COC(=O)N(C)Cc1ccc(CN(C(=O)C(c2ccccc2)c2ccccc2)[C@H](CCCN=C(N)N)C(N)=O)cc1. The molecule has 0 fully saturated rings. The summed E-state index contributed by atoms with van der Waals surface area (Å²) in [6.07, 6.45) is 0.301. The molecule has 3 aromatic carbocycles. The first-order chi connectivity index (χ1) is 19.7. The summed E-state index contributed by atoms with van der Waals surface area (Å²) >= 11 is 0. The molecule has 0 radical (unpaired) electrons. The van der Waals surface area contributed by atoms with E-state index in [9.17, 15) is 14.4 Å². The van der Waals surface area contributed by atoms with Crippen molar-refractivity contribution < 1.29 is 19.1 Å². The van der Waals surface area contributed by atoms with Gasteiger partial charge in [-0.25, -0.2) is 4.79 Å². The zero-order valence-corrected chi connectivity index (χ0v) is 23.5. The van der Waals surface area contributed by atoms with Crippen LogP contribution in [0.3, 0.4) is 0 Å². The van der Waals surface area contributed by atoms with E-state index in [-0.39, 0.29) is 24.8 Å². The van der Waals surface area contributed by atoms with Crippen LogP contribution in [0.2, 0.25) is 0 Å². The Balaban J connectivity index is 1.97. The molecule has 6 N–H and O–H groups in total. The van der Waals surface area contributed by atoms with Gasteiger partial charge in [-0.2, -0.15) is 0 Å². The third-order valence-electron chi connectivity index (χ3n) is 6.71. The predicted octanol–water partition coefficient (Wildman–Crippen LogP) is 2.95. The number of hydrogen-bond acceptors (Lipinski definition) is 5. The maximum absolute atomic E-state index is 14.4. The van der Waals surface area contributed by atoms with Crippen molar-refractivity contribution in [2.75, 3.05) is 20.7 Å². The average molecular weight is 559 g/mol. The zero-order chi connectivity index (χ0) is 29.8. The van der Waals surface area contributed by atoms with Gasteiger partial charge in [-0.1, -0.05) is 84.9 Å². The van der Waals surface area contributed by atoms with Gasteiger partial charge < -0.3 is 31.7 Å². The third kappa shape index (κ3) is 8.82. The van der Waals surface area contributed by atoms with Crippen molar-refractivity contribution in [1.82, 2.24) is 9.80 Å². The number of benzene rings is 3. The van der Waals surface area contributed by atoms with Crippen LogP contribution < -0.4 is 17.2 Å². The first-order valence-electron chi connectivity index (χ1n) is 13.3. The van der Waals surface area contributed by atoms with Gasteiger partial charge in [-0.15, -0.1) is 0 Å². The minimum absolute atomic E-state index is 0.0419. The molecular weight excluding hydrogens is 520 g/mol. The highest BCUT2D eigenvalue weighted by Gasteiger charge is 2.34. The predicted molar refractivity (Wildman–Crippen MR) is 158 cm³/mol. The number of amides is 3. The molecular formula is C31H38N6O4. The van der Waals surface area contributed by atoms with Crippen molar-refractivity contribution in [2.24, 2.45) is 22.2 Å². The second kappa shape index (κ2) is 15.1. The molecule has 0 aromatic heterocycles. The number of aliphatic imine (C=N–C) groups is 1. The molecule has 0 unspecified atom stereocenters. The van der Waals surface area contributed by atoms with Crippen LogP contribution in [0.1, 0.15) is 41.0 Å². The number of primary amides is 1.